The first-order chi connectivity index (χ1) is 10.2. The molecule has 1 heterocycles. The Morgan fingerprint density at radius 3 is 2.86 bits per heavy atom. The first-order valence-corrected chi connectivity index (χ1v) is 6.33. The van der Waals surface area contributed by atoms with Crippen LogP contribution in [0.1, 0.15) is 5.56 Å². The molecule has 106 valence electrons. The Balaban J connectivity index is 1.98. The van der Waals surface area contributed by atoms with Crippen LogP contribution in [0.25, 0.3) is 10.9 Å². The predicted octanol–water partition coefficient (Wildman–Crippen LogP) is 2.28. The summed E-state index contributed by atoms with van der Waals surface area (Å²) in [6.45, 7) is 0.458. The zero-order valence-corrected chi connectivity index (χ0v) is 11.1. The monoisotopic (exact) mass is 283 g/mol. The maximum Gasteiger partial charge on any atom is 0.293 e. The van der Waals surface area contributed by atoms with Crippen LogP contribution < -0.4 is 11.3 Å². The van der Waals surface area contributed by atoms with Gasteiger partial charge in [-0.25, -0.2) is 0 Å². The number of nitrogens with zero attached hydrogens (tertiary/aromatic N) is 3. The van der Waals surface area contributed by atoms with Gasteiger partial charge in [0.1, 0.15) is 5.69 Å². The number of fused-ring (bicyclic) bond motifs is 1. The fraction of sp³-hybridized carbons (Fsp3) is 0.0714. The molecule has 0 spiro atoms. The van der Waals surface area contributed by atoms with Gasteiger partial charge in [0.25, 0.3) is 5.69 Å². The third-order valence-corrected chi connectivity index (χ3v) is 3.30. The number of anilines is 1. The summed E-state index contributed by atoms with van der Waals surface area (Å²) < 4.78 is 1.81. The first kappa shape index (κ1) is 13.1. The highest BCUT2D eigenvalue weighted by Crippen LogP contribution is 2.25. The van der Waals surface area contributed by atoms with E-state index in [1.807, 2.05) is 28.9 Å². The lowest BCUT2D eigenvalue weighted by atomic mass is 10.1. The third kappa shape index (κ3) is 2.41. The molecule has 1 aromatic heterocycles. The van der Waals surface area contributed by atoms with Crippen LogP contribution in [0.15, 0.2) is 48.7 Å². The molecule has 7 nitrogen and oxygen atoms in total. The summed E-state index contributed by atoms with van der Waals surface area (Å²) in [5, 5.41) is 16.4. The zero-order chi connectivity index (χ0) is 14.8. The van der Waals surface area contributed by atoms with Crippen molar-refractivity contribution in [3.05, 3.63) is 64.3 Å². The molecule has 0 bridgehead atoms. The minimum atomic E-state index is -0.458. The van der Waals surface area contributed by atoms with Crippen LogP contribution in [0.4, 0.5) is 11.4 Å². The van der Waals surface area contributed by atoms with E-state index >= 15 is 0 Å². The summed E-state index contributed by atoms with van der Waals surface area (Å²) in [7, 11) is 0. The molecule has 0 aliphatic heterocycles. The van der Waals surface area contributed by atoms with Crippen molar-refractivity contribution in [3.8, 4) is 0 Å². The van der Waals surface area contributed by atoms with E-state index in [0.29, 0.717) is 6.54 Å². The fourth-order valence-electron chi connectivity index (χ4n) is 2.27. The van der Waals surface area contributed by atoms with E-state index < -0.39 is 4.92 Å². The van der Waals surface area contributed by atoms with Gasteiger partial charge in [-0.15, -0.1) is 0 Å². The molecule has 3 rings (SSSR count). The summed E-state index contributed by atoms with van der Waals surface area (Å²) in [4.78, 5) is 10.6. The molecule has 0 saturated heterocycles. The summed E-state index contributed by atoms with van der Waals surface area (Å²) in [5.74, 6) is 5.28. The molecule has 3 aromatic rings. The molecule has 0 atom stereocenters. The second-order valence-corrected chi connectivity index (χ2v) is 4.61. The number of nitro groups is 1. The highest BCUT2D eigenvalue weighted by molar-refractivity contribution is 5.78. The maximum absolute atomic E-state index is 11.0. The van der Waals surface area contributed by atoms with Gasteiger partial charge in [0.05, 0.1) is 23.2 Å². The highest BCUT2D eigenvalue weighted by Gasteiger charge is 2.14. The summed E-state index contributed by atoms with van der Waals surface area (Å²) in [5.41, 5.74) is 4.34. The molecular formula is C14H13N5O2. The quantitative estimate of drug-likeness (QED) is 0.435. The van der Waals surface area contributed by atoms with Crippen molar-refractivity contribution in [2.75, 3.05) is 5.43 Å². The van der Waals surface area contributed by atoms with Crippen LogP contribution in [-0.2, 0) is 6.54 Å². The first-order valence-electron chi connectivity index (χ1n) is 6.33. The standard InChI is InChI=1S/C14H13N5O2/c15-17-12-6-5-10(7-14(12)19(20)21)9-18-13-4-2-1-3-11(13)8-16-18/h1-8,17H,9,15H2. The number of para-hydroxylation sites is 1. The van der Waals surface area contributed by atoms with Crippen molar-refractivity contribution in [3.63, 3.8) is 0 Å². The second kappa shape index (κ2) is 5.22. The van der Waals surface area contributed by atoms with Crippen molar-refractivity contribution in [2.24, 2.45) is 5.84 Å². The summed E-state index contributed by atoms with van der Waals surface area (Å²) >= 11 is 0. The van der Waals surface area contributed by atoms with Gasteiger partial charge in [0.2, 0.25) is 0 Å². The van der Waals surface area contributed by atoms with Crippen LogP contribution in [0.3, 0.4) is 0 Å². The van der Waals surface area contributed by atoms with E-state index in [-0.39, 0.29) is 11.4 Å². The number of nitro benzene ring substituents is 1. The summed E-state index contributed by atoms with van der Waals surface area (Å²) in [6.07, 6.45) is 1.78. The van der Waals surface area contributed by atoms with Crippen LogP contribution in [0, 0.1) is 10.1 Å². The minimum absolute atomic E-state index is 0.0496. The Kier molecular flexibility index (Phi) is 3.25. The smallest absolute Gasteiger partial charge is 0.293 e. The molecule has 0 amide bonds. The molecule has 21 heavy (non-hydrogen) atoms. The molecule has 7 heteroatoms. The molecule has 3 N–H and O–H groups in total. The molecule has 0 fully saturated rings. The lowest BCUT2D eigenvalue weighted by Gasteiger charge is -2.06. The van der Waals surface area contributed by atoms with E-state index in [1.54, 1.807) is 18.3 Å². The lowest BCUT2D eigenvalue weighted by molar-refractivity contribution is -0.384. The van der Waals surface area contributed by atoms with Crippen molar-refractivity contribution >= 4 is 22.3 Å². The average molecular weight is 283 g/mol. The number of aromatic nitrogens is 2. The highest BCUT2D eigenvalue weighted by atomic mass is 16.6. The van der Waals surface area contributed by atoms with Crippen LogP contribution >= 0.6 is 0 Å². The summed E-state index contributed by atoms with van der Waals surface area (Å²) in [6, 6.07) is 12.7. The molecular weight excluding hydrogens is 270 g/mol. The number of hydrazine groups is 1. The van der Waals surface area contributed by atoms with E-state index in [0.717, 1.165) is 16.5 Å². The second-order valence-electron chi connectivity index (χ2n) is 4.61. The fourth-order valence-corrected chi connectivity index (χ4v) is 2.27. The van der Waals surface area contributed by atoms with Crippen molar-refractivity contribution in [2.45, 2.75) is 6.54 Å². The van der Waals surface area contributed by atoms with Crippen LogP contribution in [0.2, 0.25) is 0 Å². The average Bonchev–Trinajstić information content (AvgIpc) is 2.90. The molecule has 0 radical (unpaired) electrons. The van der Waals surface area contributed by atoms with Gasteiger partial charge in [-0.05, 0) is 17.7 Å². The Hall–Kier alpha value is -2.93. The van der Waals surface area contributed by atoms with Crippen molar-refractivity contribution in [1.82, 2.24) is 9.78 Å². The molecule has 0 saturated carbocycles. The maximum atomic E-state index is 11.0. The van der Waals surface area contributed by atoms with Gasteiger partial charge in [-0.3, -0.25) is 20.6 Å². The van der Waals surface area contributed by atoms with Gasteiger partial charge in [-0.2, -0.15) is 5.10 Å². The number of nitrogen functional groups attached to an aromatic ring is 1. The van der Waals surface area contributed by atoms with E-state index in [1.165, 1.54) is 6.07 Å². The van der Waals surface area contributed by atoms with Gasteiger partial charge in [0, 0.05) is 11.5 Å². The number of nitrogens with two attached hydrogens (primary N) is 1. The van der Waals surface area contributed by atoms with Gasteiger partial charge in [0.15, 0.2) is 0 Å². The van der Waals surface area contributed by atoms with Crippen LogP contribution in [-0.4, -0.2) is 14.7 Å². The largest absolute Gasteiger partial charge is 0.318 e. The van der Waals surface area contributed by atoms with E-state index in [2.05, 4.69) is 10.5 Å². The third-order valence-electron chi connectivity index (χ3n) is 3.30. The Labute approximate surface area is 120 Å². The minimum Gasteiger partial charge on any atom is -0.318 e. The molecule has 0 unspecified atom stereocenters. The van der Waals surface area contributed by atoms with Crippen LogP contribution in [0.5, 0.6) is 0 Å². The normalized spacial score (nSPS) is 10.7. The number of benzene rings is 2. The molecule has 2 aromatic carbocycles. The molecule has 0 aliphatic rings. The number of hydrogen-bond donors (Lipinski definition) is 2. The van der Waals surface area contributed by atoms with Gasteiger partial charge < -0.3 is 5.43 Å². The van der Waals surface area contributed by atoms with Crippen molar-refractivity contribution in [1.29, 1.82) is 0 Å². The van der Waals surface area contributed by atoms with Gasteiger partial charge >= 0.3 is 0 Å². The van der Waals surface area contributed by atoms with E-state index in [4.69, 9.17) is 5.84 Å². The Bertz CT molecular complexity index is 812. The Morgan fingerprint density at radius 2 is 2.10 bits per heavy atom. The van der Waals surface area contributed by atoms with Gasteiger partial charge in [-0.1, -0.05) is 24.3 Å². The van der Waals surface area contributed by atoms with E-state index in [9.17, 15) is 10.1 Å². The molecule has 0 aliphatic carbocycles. The topological polar surface area (TPSA) is 99.0 Å². The van der Waals surface area contributed by atoms with Crippen molar-refractivity contribution < 1.29 is 4.92 Å². The zero-order valence-electron chi connectivity index (χ0n) is 11.1. The Morgan fingerprint density at radius 1 is 1.29 bits per heavy atom. The predicted molar refractivity (Wildman–Crippen MR) is 79.7 cm³/mol. The number of nitrogens with one attached hydrogen (secondary N) is 1. The SMILES string of the molecule is NNc1ccc(Cn2ncc3ccccc32)cc1[N+](=O)[O-]. The lowest BCUT2D eigenvalue weighted by Crippen LogP contribution is -2.10. The number of hydrogen-bond acceptors (Lipinski definition) is 5. The number of rotatable bonds is 4.